The summed E-state index contributed by atoms with van der Waals surface area (Å²) in [4.78, 5) is 12.3. The van der Waals surface area contributed by atoms with Crippen LogP contribution in [0.25, 0.3) is 0 Å². The van der Waals surface area contributed by atoms with E-state index >= 15 is 0 Å². The van der Waals surface area contributed by atoms with Gasteiger partial charge in [-0.25, -0.2) is 0 Å². The van der Waals surface area contributed by atoms with Gasteiger partial charge in [-0.1, -0.05) is 0 Å². The standard InChI is InChI=1S/C31H33BrNO3P/c32-37(26-14-6-3-7-15-26,27-16-8-4-9-17-27,28-18-10-5-11-19-28)23-13-2-1-12-22-33-31(36)25-20-21-29(34)30(35)24-25/h3-11,14-21,24,34-35H,1-2,12-13,22-23H2,(H,33,36). The number of hydrogen-bond donors (Lipinski definition) is 3. The summed E-state index contributed by atoms with van der Waals surface area (Å²) in [7, 11) is 0. The maximum atomic E-state index is 12.3. The second-order valence-electron chi connectivity index (χ2n) is 9.29. The summed E-state index contributed by atoms with van der Waals surface area (Å²) >= 11 is 4.49. The number of unbranched alkanes of at least 4 members (excludes halogenated alkanes) is 3. The Labute approximate surface area is 227 Å². The van der Waals surface area contributed by atoms with Gasteiger partial charge in [0.15, 0.2) is 0 Å². The molecule has 4 aromatic carbocycles. The zero-order chi connectivity index (χ0) is 26.2. The SMILES string of the molecule is O=C(NCCCCCCP(Br)(c1ccccc1)(c1ccccc1)c1ccccc1)c1ccc(O)c(O)c1. The van der Waals surface area contributed by atoms with Gasteiger partial charge in [-0.2, -0.15) is 0 Å². The van der Waals surface area contributed by atoms with Crippen LogP contribution in [0.3, 0.4) is 0 Å². The Balaban J connectivity index is 1.45. The zero-order valence-electron chi connectivity index (χ0n) is 20.8. The minimum absolute atomic E-state index is 0.234. The molecule has 0 spiro atoms. The number of carbonyl (C=O) groups excluding carboxylic acids is 1. The number of nitrogens with one attached hydrogen (secondary N) is 1. The molecule has 4 nitrogen and oxygen atoms in total. The number of carbonyl (C=O) groups is 1. The number of phenolic OH excluding ortho intramolecular Hbond substituents is 2. The fourth-order valence-electron chi connectivity index (χ4n) is 4.91. The Morgan fingerprint density at radius 2 is 1.14 bits per heavy atom. The van der Waals surface area contributed by atoms with Gasteiger partial charge >= 0.3 is 222 Å². The van der Waals surface area contributed by atoms with Gasteiger partial charge in [0.25, 0.3) is 0 Å². The average molecular weight is 578 g/mol. The monoisotopic (exact) mass is 577 g/mol. The molecule has 0 saturated heterocycles. The summed E-state index contributed by atoms with van der Waals surface area (Å²) < 4.78 is 0. The first kappa shape index (κ1) is 26.9. The molecule has 0 aromatic heterocycles. The first-order valence-electron chi connectivity index (χ1n) is 12.6. The second kappa shape index (κ2) is 11.9. The van der Waals surface area contributed by atoms with Crippen molar-refractivity contribution in [3.05, 3.63) is 115 Å². The van der Waals surface area contributed by atoms with Crippen molar-refractivity contribution in [2.75, 3.05) is 12.7 Å². The van der Waals surface area contributed by atoms with E-state index in [9.17, 15) is 15.0 Å². The molecule has 0 bridgehead atoms. The quantitative estimate of drug-likeness (QED) is 0.112. The van der Waals surface area contributed by atoms with Crippen molar-refractivity contribution in [2.45, 2.75) is 25.7 Å². The summed E-state index contributed by atoms with van der Waals surface area (Å²) in [6.07, 6.45) is 4.96. The molecule has 37 heavy (non-hydrogen) atoms. The maximum absolute atomic E-state index is 12.3. The van der Waals surface area contributed by atoms with Crippen LogP contribution < -0.4 is 21.2 Å². The van der Waals surface area contributed by atoms with Gasteiger partial charge in [0, 0.05) is 0 Å². The molecule has 0 heterocycles. The van der Waals surface area contributed by atoms with E-state index in [-0.39, 0.29) is 17.4 Å². The van der Waals surface area contributed by atoms with Gasteiger partial charge < -0.3 is 5.11 Å². The molecular weight excluding hydrogens is 545 g/mol. The molecule has 4 aromatic rings. The van der Waals surface area contributed by atoms with Crippen LogP contribution in [0.2, 0.25) is 0 Å². The summed E-state index contributed by atoms with van der Waals surface area (Å²) in [5.41, 5.74) is 0.334. The molecule has 192 valence electrons. The predicted octanol–water partition coefficient (Wildman–Crippen LogP) is 6.23. The van der Waals surface area contributed by atoms with Crippen molar-refractivity contribution >= 4 is 42.6 Å². The number of benzene rings is 4. The van der Waals surface area contributed by atoms with E-state index in [1.807, 2.05) is 0 Å². The fraction of sp³-hybridized carbons (Fsp3) is 0.194. The van der Waals surface area contributed by atoms with Gasteiger partial charge in [0.1, 0.15) is 0 Å². The van der Waals surface area contributed by atoms with Crippen LogP contribution in [0.4, 0.5) is 0 Å². The Bertz CT molecular complexity index is 1220. The van der Waals surface area contributed by atoms with E-state index < -0.39 is 5.31 Å². The van der Waals surface area contributed by atoms with E-state index in [0.29, 0.717) is 12.1 Å². The van der Waals surface area contributed by atoms with Crippen LogP contribution in [0.1, 0.15) is 36.0 Å². The third kappa shape index (κ3) is 5.74. The van der Waals surface area contributed by atoms with Crippen molar-refractivity contribution in [1.29, 1.82) is 0 Å². The first-order chi connectivity index (χ1) is 17.9. The molecule has 0 radical (unpaired) electrons. The number of rotatable bonds is 11. The number of amides is 1. The van der Waals surface area contributed by atoms with Crippen molar-refractivity contribution < 1.29 is 15.0 Å². The molecule has 0 saturated carbocycles. The Morgan fingerprint density at radius 1 is 0.649 bits per heavy atom. The molecule has 0 unspecified atom stereocenters. The summed E-state index contributed by atoms with van der Waals surface area (Å²) in [5.74, 6) is -0.779. The van der Waals surface area contributed by atoms with Crippen LogP contribution in [-0.2, 0) is 0 Å². The molecule has 0 aliphatic carbocycles. The molecule has 0 atom stereocenters. The van der Waals surface area contributed by atoms with E-state index in [2.05, 4.69) is 112 Å². The number of hydrogen-bond acceptors (Lipinski definition) is 3. The summed E-state index contributed by atoms with van der Waals surface area (Å²) in [5, 5.41) is 23.1. The van der Waals surface area contributed by atoms with Crippen LogP contribution in [0.15, 0.2) is 109 Å². The predicted molar refractivity (Wildman–Crippen MR) is 160 cm³/mol. The van der Waals surface area contributed by atoms with Gasteiger partial charge in [0.2, 0.25) is 0 Å². The van der Waals surface area contributed by atoms with Gasteiger partial charge in [-0.15, -0.1) is 0 Å². The molecule has 3 N–H and O–H groups in total. The Kier molecular flexibility index (Phi) is 8.68. The molecular formula is C31H33BrNO3P. The van der Waals surface area contributed by atoms with E-state index in [0.717, 1.165) is 31.8 Å². The van der Waals surface area contributed by atoms with Crippen molar-refractivity contribution in [3.8, 4) is 11.5 Å². The number of phenols is 2. The minimum atomic E-state index is -2.88. The topological polar surface area (TPSA) is 69.6 Å². The fourth-order valence-corrected chi connectivity index (χ4v) is 12.7. The molecule has 0 aliphatic rings. The van der Waals surface area contributed by atoms with E-state index in [4.69, 9.17) is 0 Å². The second-order valence-corrected chi connectivity index (χ2v) is 18.3. The normalized spacial score (nSPS) is 12.4. The number of aromatic hydroxyl groups is 2. The van der Waals surface area contributed by atoms with Crippen molar-refractivity contribution in [3.63, 3.8) is 0 Å². The third-order valence-electron chi connectivity index (χ3n) is 6.91. The summed E-state index contributed by atoms with van der Waals surface area (Å²) in [6.45, 7) is 0.564. The molecule has 1 amide bonds. The van der Waals surface area contributed by atoms with Crippen LogP contribution in [0.5, 0.6) is 11.5 Å². The molecule has 6 heteroatoms. The molecule has 4 rings (SSSR count). The van der Waals surface area contributed by atoms with Crippen LogP contribution >= 0.6 is 20.8 Å². The zero-order valence-corrected chi connectivity index (χ0v) is 23.2. The van der Waals surface area contributed by atoms with Crippen molar-refractivity contribution in [2.24, 2.45) is 0 Å². The Hall–Kier alpha value is -3.14. The number of halogens is 1. The van der Waals surface area contributed by atoms with Gasteiger partial charge in [-0.05, 0) is 0 Å². The van der Waals surface area contributed by atoms with E-state index in [1.165, 1.54) is 34.1 Å². The van der Waals surface area contributed by atoms with Crippen LogP contribution in [-0.4, -0.2) is 28.8 Å². The van der Waals surface area contributed by atoms with Gasteiger partial charge in [0.05, 0.1) is 0 Å². The molecule has 0 fully saturated rings. The third-order valence-corrected chi connectivity index (χ3v) is 16.9. The van der Waals surface area contributed by atoms with Crippen LogP contribution in [0, 0.1) is 0 Å². The van der Waals surface area contributed by atoms with Gasteiger partial charge in [-0.3, -0.25) is 0 Å². The Morgan fingerprint density at radius 3 is 1.62 bits per heavy atom. The average Bonchev–Trinajstić information content (AvgIpc) is 2.95. The van der Waals surface area contributed by atoms with E-state index in [1.54, 1.807) is 0 Å². The van der Waals surface area contributed by atoms with Crippen molar-refractivity contribution in [1.82, 2.24) is 5.32 Å². The first-order valence-corrected chi connectivity index (χ1v) is 17.1. The molecule has 0 aliphatic heterocycles. The summed E-state index contributed by atoms with van der Waals surface area (Å²) in [6, 6.07) is 36.6.